The molecule has 0 saturated carbocycles. The normalized spacial score (nSPS) is 16.2. The van der Waals surface area contributed by atoms with Gasteiger partial charge in [0.15, 0.2) is 5.78 Å². The summed E-state index contributed by atoms with van der Waals surface area (Å²) in [5.74, 6) is -0.221. The lowest BCUT2D eigenvalue weighted by Crippen LogP contribution is -2.26. The summed E-state index contributed by atoms with van der Waals surface area (Å²) in [6, 6.07) is 16.4. The van der Waals surface area contributed by atoms with Crippen LogP contribution in [0, 0.1) is 0 Å². The molecule has 0 heterocycles. The standard InChI is InChI=1S/C24H29ClN2O/c1-5-26(6-2)19-13-9-17(10-14-19)21-23(25)22(24(21)28)18-11-15-20(16-12-18)27(7-3)8-4/h9-16,21H,5-8H2,1-4H3. The molecule has 0 spiro atoms. The first-order chi connectivity index (χ1) is 13.5. The predicted molar refractivity (Wildman–Crippen MR) is 121 cm³/mol. The van der Waals surface area contributed by atoms with Gasteiger partial charge in [0.05, 0.1) is 5.92 Å². The van der Waals surface area contributed by atoms with E-state index in [2.05, 4.69) is 61.8 Å². The second-order valence-corrected chi connectivity index (χ2v) is 7.41. The Labute approximate surface area is 173 Å². The first-order valence-electron chi connectivity index (χ1n) is 10.2. The lowest BCUT2D eigenvalue weighted by atomic mass is 9.76. The monoisotopic (exact) mass is 396 g/mol. The number of hydrogen-bond donors (Lipinski definition) is 0. The summed E-state index contributed by atoms with van der Waals surface area (Å²) in [4.78, 5) is 17.4. The molecule has 1 aliphatic rings. The third-order valence-electron chi connectivity index (χ3n) is 5.64. The number of rotatable bonds is 8. The van der Waals surface area contributed by atoms with Crippen molar-refractivity contribution in [2.24, 2.45) is 0 Å². The molecule has 2 aromatic carbocycles. The lowest BCUT2D eigenvalue weighted by molar-refractivity contribution is -0.115. The summed E-state index contributed by atoms with van der Waals surface area (Å²) in [6.07, 6.45) is 0. The molecule has 0 N–H and O–H groups in total. The summed E-state index contributed by atoms with van der Waals surface area (Å²) >= 11 is 6.60. The van der Waals surface area contributed by atoms with Crippen molar-refractivity contribution in [3.8, 4) is 0 Å². The maximum Gasteiger partial charge on any atom is 0.177 e. The van der Waals surface area contributed by atoms with Crippen LogP contribution in [0.4, 0.5) is 11.4 Å². The summed E-state index contributed by atoms with van der Waals surface area (Å²) in [6.45, 7) is 12.4. The number of carbonyl (C=O) groups is 1. The van der Waals surface area contributed by atoms with E-state index in [9.17, 15) is 4.79 Å². The molecule has 0 fully saturated rings. The number of nitrogens with zero attached hydrogens (tertiary/aromatic N) is 2. The Bertz CT molecular complexity index is 847. The van der Waals surface area contributed by atoms with E-state index in [0.29, 0.717) is 10.6 Å². The van der Waals surface area contributed by atoms with E-state index in [1.165, 1.54) is 11.4 Å². The molecule has 0 aromatic heterocycles. The molecule has 4 heteroatoms. The van der Waals surface area contributed by atoms with E-state index in [-0.39, 0.29) is 11.7 Å². The maximum absolute atomic E-state index is 12.9. The van der Waals surface area contributed by atoms with Gasteiger partial charge in [0.2, 0.25) is 0 Å². The van der Waals surface area contributed by atoms with E-state index in [4.69, 9.17) is 11.6 Å². The predicted octanol–water partition coefficient (Wildman–Crippen LogP) is 5.70. The maximum atomic E-state index is 12.9. The number of allylic oxidation sites excluding steroid dienone is 2. The topological polar surface area (TPSA) is 23.6 Å². The second kappa shape index (κ2) is 8.83. The molecular weight excluding hydrogens is 368 g/mol. The fraction of sp³-hybridized carbons (Fsp3) is 0.375. The van der Waals surface area contributed by atoms with E-state index >= 15 is 0 Å². The SMILES string of the molecule is CCN(CC)c1ccc(C2=C(Cl)C(c3ccc(N(CC)CC)cc3)C2=O)cc1. The van der Waals surface area contributed by atoms with Gasteiger partial charge < -0.3 is 9.80 Å². The molecule has 1 aliphatic carbocycles. The Kier molecular flexibility index (Phi) is 6.46. The van der Waals surface area contributed by atoms with Gasteiger partial charge >= 0.3 is 0 Å². The summed E-state index contributed by atoms with van der Waals surface area (Å²) in [5.41, 5.74) is 4.87. The van der Waals surface area contributed by atoms with Crippen LogP contribution in [0.3, 0.4) is 0 Å². The number of carbonyl (C=O) groups excluding carboxylic acids is 1. The Morgan fingerprint density at radius 1 is 0.750 bits per heavy atom. The molecule has 0 saturated heterocycles. The minimum atomic E-state index is -0.329. The van der Waals surface area contributed by atoms with Gasteiger partial charge in [-0.1, -0.05) is 35.9 Å². The highest BCUT2D eigenvalue weighted by Crippen LogP contribution is 2.46. The van der Waals surface area contributed by atoms with Gasteiger partial charge in [0, 0.05) is 48.2 Å². The fourth-order valence-electron chi connectivity index (χ4n) is 3.92. The first kappa shape index (κ1) is 20.5. The Morgan fingerprint density at radius 3 is 1.57 bits per heavy atom. The number of benzene rings is 2. The highest BCUT2D eigenvalue weighted by atomic mass is 35.5. The largest absolute Gasteiger partial charge is 0.372 e. The smallest absolute Gasteiger partial charge is 0.177 e. The van der Waals surface area contributed by atoms with Crippen LogP contribution in [0.15, 0.2) is 53.6 Å². The van der Waals surface area contributed by atoms with Crippen molar-refractivity contribution in [3.63, 3.8) is 0 Å². The number of Topliss-reactive ketones (excluding diaryl/α,β-unsaturated/α-hetero) is 1. The van der Waals surface area contributed by atoms with Crippen molar-refractivity contribution in [1.29, 1.82) is 0 Å². The Morgan fingerprint density at radius 2 is 1.18 bits per heavy atom. The Hall–Kier alpha value is -2.26. The van der Waals surface area contributed by atoms with E-state index < -0.39 is 0 Å². The van der Waals surface area contributed by atoms with Gasteiger partial charge in [-0.3, -0.25) is 4.79 Å². The fourth-order valence-corrected chi connectivity index (χ4v) is 4.34. The van der Waals surface area contributed by atoms with Crippen LogP contribution in [-0.2, 0) is 4.79 Å². The highest BCUT2D eigenvalue weighted by Gasteiger charge is 2.39. The quantitative estimate of drug-likeness (QED) is 0.572. The summed E-state index contributed by atoms with van der Waals surface area (Å²) in [7, 11) is 0. The van der Waals surface area contributed by atoms with Crippen molar-refractivity contribution in [3.05, 3.63) is 64.7 Å². The number of ketones is 1. The molecule has 28 heavy (non-hydrogen) atoms. The van der Waals surface area contributed by atoms with Crippen molar-refractivity contribution in [2.75, 3.05) is 36.0 Å². The van der Waals surface area contributed by atoms with Gasteiger partial charge in [-0.2, -0.15) is 0 Å². The molecular formula is C24H29ClN2O. The average molecular weight is 397 g/mol. The zero-order valence-electron chi connectivity index (χ0n) is 17.2. The molecule has 0 aliphatic heterocycles. The average Bonchev–Trinajstić information content (AvgIpc) is 2.72. The zero-order chi connectivity index (χ0) is 20.3. The number of hydrogen-bond acceptors (Lipinski definition) is 3. The third kappa shape index (κ3) is 3.68. The highest BCUT2D eigenvalue weighted by molar-refractivity contribution is 6.49. The van der Waals surface area contributed by atoms with Crippen molar-refractivity contribution in [1.82, 2.24) is 0 Å². The van der Waals surface area contributed by atoms with Crippen LogP contribution in [0.5, 0.6) is 0 Å². The third-order valence-corrected chi connectivity index (χ3v) is 6.05. The van der Waals surface area contributed by atoms with Crippen LogP contribution in [0.2, 0.25) is 0 Å². The van der Waals surface area contributed by atoms with Crippen molar-refractivity contribution in [2.45, 2.75) is 33.6 Å². The van der Waals surface area contributed by atoms with Crippen LogP contribution in [0.25, 0.3) is 5.57 Å². The van der Waals surface area contributed by atoms with Gasteiger partial charge in [0.25, 0.3) is 0 Å². The van der Waals surface area contributed by atoms with Gasteiger partial charge in [0.1, 0.15) is 0 Å². The van der Waals surface area contributed by atoms with Crippen LogP contribution in [0.1, 0.15) is 44.7 Å². The minimum absolute atomic E-state index is 0.108. The van der Waals surface area contributed by atoms with Gasteiger partial charge in [-0.05, 0) is 63.1 Å². The van der Waals surface area contributed by atoms with Crippen LogP contribution < -0.4 is 9.80 Å². The molecule has 0 amide bonds. The van der Waals surface area contributed by atoms with E-state index in [0.717, 1.165) is 37.3 Å². The lowest BCUT2D eigenvalue weighted by Gasteiger charge is -2.30. The second-order valence-electron chi connectivity index (χ2n) is 7.00. The van der Waals surface area contributed by atoms with E-state index in [1.54, 1.807) is 0 Å². The molecule has 1 atom stereocenters. The zero-order valence-corrected chi connectivity index (χ0v) is 18.0. The minimum Gasteiger partial charge on any atom is -0.372 e. The Balaban J connectivity index is 1.82. The molecule has 148 valence electrons. The van der Waals surface area contributed by atoms with E-state index in [1.807, 2.05) is 24.3 Å². The van der Waals surface area contributed by atoms with Crippen LogP contribution >= 0.6 is 11.6 Å². The molecule has 3 rings (SSSR count). The summed E-state index contributed by atoms with van der Waals surface area (Å²) in [5, 5.41) is 0.649. The molecule has 0 radical (unpaired) electrons. The summed E-state index contributed by atoms with van der Waals surface area (Å²) < 4.78 is 0. The van der Waals surface area contributed by atoms with Gasteiger partial charge in [-0.15, -0.1) is 0 Å². The molecule has 1 unspecified atom stereocenters. The molecule has 2 aromatic rings. The molecule has 0 bridgehead atoms. The van der Waals surface area contributed by atoms with Crippen molar-refractivity contribution >= 4 is 34.3 Å². The number of halogens is 1. The first-order valence-corrected chi connectivity index (χ1v) is 10.6. The van der Waals surface area contributed by atoms with Gasteiger partial charge in [-0.25, -0.2) is 0 Å². The number of anilines is 2. The van der Waals surface area contributed by atoms with Crippen molar-refractivity contribution < 1.29 is 4.79 Å². The molecule has 3 nitrogen and oxygen atoms in total. The van der Waals surface area contributed by atoms with Crippen LogP contribution in [-0.4, -0.2) is 32.0 Å².